The lowest BCUT2D eigenvalue weighted by atomic mass is 10.8. The van der Waals surface area contributed by atoms with Gasteiger partial charge in [0.2, 0.25) is 0 Å². The van der Waals surface area contributed by atoms with Crippen LogP contribution in [0.2, 0.25) is 0 Å². The Kier molecular flexibility index (Phi) is 5.34. The Morgan fingerprint density at radius 2 is 1.79 bits per heavy atom. The summed E-state index contributed by atoms with van der Waals surface area (Å²) < 4.78 is 16.5. The summed E-state index contributed by atoms with van der Waals surface area (Å²) in [5.74, 6) is -3.06. The van der Waals surface area contributed by atoms with Crippen molar-refractivity contribution in [3.05, 3.63) is 0 Å². The first-order valence-electron chi connectivity index (χ1n) is 4.44. The van der Waals surface area contributed by atoms with Crippen molar-refractivity contribution in [1.82, 2.24) is 0 Å². The van der Waals surface area contributed by atoms with Gasteiger partial charge in [0.05, 0.1) is 6.61 Å². The molecule has 0 spiro atoms. The summed E-state index contributed by atoms with van der Waals surface area (Å²) in [7, 11) is -3.31. The fourth-order valence-corrected chi connectivity index (χ4v) is 2.63. The van der Waals surface area contributed by atoms with E-state index in [2.05, 4.69) is 4.74 Å². The van der Waals surface area contributed by atoms with E-state index in [0.29, 0.717) is 0 Å². The molecular weight excluding hydrogens is 207 g/mol. The second-order valence-corrected chi connectivity index (χ2v) is 6.60. The lowest BCUT2D eigenvalue weighted by Gasteiger charge is -2.22. The Balaban J connectivity index is 4.55. The minimum absolute atomic E-state index is 0.193. The summed E-state index contributed by atoms with van der Waals surface area (Å²) in [5, 5.41) is 18.5. The number of aliphatic hydroxyl groups excluding tert-OH is 2. The third-order valence-corrected chi connectivity index (χ3v) is 5.23. The molecule has 0 bridgehead atoms. The van der Waals surface area contributed by atoms with Crippen molar-refractivity contribution in [2.24, 2.45) is 0 Å². The van der Waals surface area contributed by atoms with E-state index in [1.54, 1.807) is 6.92 Å². The molecule has 0 aliphatic heterocycles. The van der Waals surface area contributed by atoms with Gasteiger partial charge in [0.25, 0.3) is 0 Å². The molecular formula is C8H17O5P. The highest BCUT2D eigenvalue weighted by Crippen LogP contribution is 2.52. The molecule has 5 nitrogen and oxygen atoms in total. The van der Waals surface area contributed by atoms with Crippen molar-refractivity contribution in [3.8, 4) is 0 Å². The van der Waals surface area contributed by atoms with Gasteiger partial charge in [-0.1, -0.05) is 0 Å². The highest BCUT2D eigenvalue weighted by molar-refractivity contribution is 7.65. The molecule has 2 atom stereocenters. The summed E-state index contributed by atoms with van der Waals surface area (Å²) >= 11 is 0. The number of esters is 1. The SMILES string of the molecule is CCOC(=O)CP(=O)(C(C)O)C(C)O. The molecule has 0 aliphatic rings. The monoisotopic (exact) mass is 224 g/mol. The highest BCUT2D eigenvalue weighted by Gasteiger charge is 2.36. The van der Waals surface area contributed by atoms with E-state index in [0.717, 1.165) is 0 Å². The normalized spacial score (nSPS) is 19.5. The summed E-state index contributed by atoms with van der Waals surface area (Å²) in [5.41, 5.74) is 0. The Morgan fingerprint density at radius 3 is 2.07 bits per heavy atom. The molecule has 0 aromatic carbocycles. The molecule has 0 rings (SSSR count). The van der Waals surface area contributed by atoms with E-state index >= 15 is 0 Å². The van der Waals surface area contributed by atoms with Gasteiger partial charge in [-0.05, 0) is 20.8 Å². The molecule has 0 aromatic heterocycles. The van der Waals surface area contributed by atoms with Gasteiger partial charge in [0.1, 0.15) is 17.9 Å². The second kappa shape index (κ2) is 5.49. The fraction of sp³-hybridized carbons (Fsp3) is 0.875. The van der Waals surface area contributed by atoms with Gasteiger partial charge < -0.3 is 19.5 Å². The summed E-state index contributed by atoms with van der Waals surface area (Å²) in [4.78, 5) is 11.1. The summed E-state index contributed by atoms with van der Waals surface area (Å²) in [6.07, 6.45) is -0.420. The number of carbonyl (C=O) groups excluding carboxylic acids is 1. The number of ether oxygens (including phenoxy) is 1. The van der Waals surface area contributed by atoms with Crippen LogP contribution in [0.1, 0.15) is 20.8 Å². The van der Waals surface area contributed by atoms with Gasteiger partial charge in [-0.25, -0.2) is 0 Å². The van der Waals surface area contributed by atoms with Crippen molar-refractivity contribution < 1.29 is 24.3 Å². The minimum Gasteiger partial charge on any atom is -0.466 e. The smallest absolute Gasteiger partial charge is 0.313 e. The van der Waals surface area contributed by atoms with E-state index in [-0.39, 0.29) is 6.61 Å². The van der Waals surface area contributed by atoms with Gasteiger partial charge in [-0.15, -0.1) is 0 Å². The van der Waals surface area contributed by atoms with Crippen LogP contribution in [0.25, 0.3) is 0 Å². The standard InChI is InChI=1S/C8H17O5P/c1-4-13-8(11)5-14(12,6(2)9)7(3)10/h6-7,9-10H,4-5H2,1-3H3. The van der Waals surface area contributed by atoms with E-state index in [1.807, 2.05) is 0 Å². The molecule has 0 heterocycles. The quantitative estimate of drug-likeness (QED) is 0.527. The zero-order valence-corrected chi connectivity index (χ0v) is 9.53. The second-order valence-electron chi connectivity index (χ2n) is 3.08. The fourth-order valence-electron chi connectivity index (χ4n) is 0.985. The number of aliphatic hydroxyl groups is 2. The average Bonchev–Trinajstić information content (AvgIpc) is 2.03. The Morgan fingerprint density at radius 1 is 1.36 bits per heavy atom. The van der Waals surface area contributed by atoms with Crippen LogP contribution < -0.4 is 0 Å². The molecule has 0 aromatic rings. The lowest BCUT2D eigenvalue weighted by Crippen LogP contribution is -2.21. The number of hydrogen-bond donors (Lipinski definition) is 2. The van der Waals surface area contributed by atoms with Gasteiger partial charge in [0, 0.05) is 0 Å². The first-order valence-corrected chi connectivity index (χ1v) is 6.47. The van der Waals surface area contributed by atoms with Crippen LogP contribution in [0.15, 0.2) is 0 Å². The van der Waals surface area contributed by atoms with Crippen LogP contribution >= 0.6 is 7.14 Å². The molecule has 14 heavy (non-hydrogen) atoms. The zero-order valence-electron chi connectivity index (χ0n) is 8.64. The largest absolute Gasteiger partial charge is 0.466 e. The predicted octanol–water partition coefficient (Wildman–Crippen LogP) is 0.589. The van der Waals surface area contributed by atoms with Crippen molar-refractivity contribution >= 4 is 13.1 Å². The first-order chi connectivity index (χ1) is 6.34. The van der Waals surface area contributed by atoms with Gasteiger partial charge in [0.15, 0.2) is 7.14 Å². The molecule has 0 radical (unpaired) electrons. The maximum atomic E-state index is 11.9. The molecule has 2 unspecified atom stereocenters. The summed E-state index contributed by atoms with van der Waals surface area (Å²) in [6.45, 7) is 4.42. The Hall–Kier alpha value is -0.380. The number of rotatable bonds is 5. The van der Waals surface area contributed by atoms with Crippen LogP contribution in [-0.4, -0.2) is 40.6 Å². The van der Waals surface area contributed by atoms with Gasteiger partial charge in [-0.2, -0.15) is 0 Å². The van der Waals surface area contributed by atoms with Crippen LogP contribution in [0.3, 0.4) is 0 Å². The number of carbonyl (C=O) groups is 1. The molecule has 0 aliphatic carbocycles. The zero-order chi connectivity index (χ0) is 11.4. The van der Waals surface area contributed by atoms with E-state index < -0.39 is 31.0 Å². The molecule has 0 saturated heterocycles. The van der Waals surface area contributed by atoms with Crippen LogP contribution in [-0.2, 0) is 14.1 Å². The van der Waals surface area contributed by atoms with E-state index in [4.69, 9.17) is 0 Å². The van der Waals surface area contributed by atoms with Crippen molar-refractivity contribution in [2.75, 3.05) is 12.8 Å². The molecule has 84 valence electrons. The molecule has 2 N–H and O–H groups in total. The Bertz CT molecular complexity index is 224. The highest BCUT2D eigenvalue weighted by atomic mass is 31.2. The third-order valence-electron chi connectivity index (χ3n) is 1.95. The van der Waals surface area contributed by atoms with E-state index in [9.17, 15) is 19.6 Å². The van der Waals surface area contributed by atoms with Crippen LogP contribution in [0.4, 0.5) is 0 Å². The predicted molar refractivity (Wildman–Crippen MR) is 52.5 cm³/mol. The van der Waals surface area contributed by atoms with Crippen LogP contribution in [0, 0.1) is 0 Å². The molecule has 0 fully saturated rings. The average molecular weight is 224 g/mol. The third kappa shape index (κ3) is 3.40. The van der Waals surface area contributed by atoms with Gasteiger partial charge in [-0.3, -0.25) is 4.79 Å². The maximum Gasteiger partial charge on any atom is 0.313 e. The van der Waals surface area contributed by atoms with Crippen molar-refractivity contribution in [3.63, 3.8) is 0 Å². The van der Waals surface area contributed by atoms with Crippen molar-refractivity contribution in [1.29, 1.82) is 0 Å². The Labute approximate surface area is 83.4 Å². The number of hydrogen-bond acceptors (Lipinski definition) is 5. The lowest BCUT2D eigenvalue weighted by molar-refractivity contribution is -0.140. The summed E-state index contributed by atoms with van der Waals surface area (Å²) in [6, 6.07) is 0. The van der Waals surface area contributed by atoms with Crippen molar-refractivity contribution in [2.45, 2.75) is 32.5 Å². The minimum atomic E-state index is -3.31. The molecule has 0 saturated carbocycles. The van der Waals surface area contributed by atoms with E-state index in [1.165, 1.54) is 13.8 Å². The molecule has 0 amide bonds. The molecule has 6 heteroatoms. The van der Waals surface area contributed by atoms with Gasteiger partial charge >= 0.3 is 5.97 Å². The first kappa shape index (κ1) is 13.6. The maximum absolute atomic E-state index is 11.9. The topological polar surface area (TPSA) is 83.8 Å². The van der Waals surface area contributed by atoms with Crippen LogP contribution in [0.5, 0.6) is 0 Å².